The quantitative estimate of drug-likeness (QED) is 0.763. The van der Waals surface area contributed by atoms with E-state index in [0.717, 1.165) is 0 Å². The molecule has 0 N–H and O–H groups in total. The van der Waals surface area contributed by atoms with Gasteiger partial charge in [-0.25, -0.2) is 9.37 Å². The SMILES string of the molecule is Cc1ncn(Cc2ccc(F)c(C#N)c2)c(=O)c1I. The third kappa shape index (κ3) is 2.81. The number of rotatable bonds is 2. The standard InChI is InChI=1S/C13H9FIN3O/c1-8-12(15)13(19)18(7-17-8)6-9-2-3-11(14)10(4-9)5-16/h2-4,7H,6H2,1H3. The van der Waals surface area contributed by atoms with Crippen molar-refractivity contribution in [3.63, 3.8) is 0 Å². The highest BCUT2D eigenvalue weighted by Gasteiger charge is 2.07. The molecular weight excluding hydrogens is 360 g/mol. The van der Waals surface area contributed by atoms with Gasteiger partial charge in [0, 0.05) is 0 Å². The largest absolute Gasteiger partial charge is 0.294 e. The Morgan fingerprint density at radius 2 is 2.26 bits per heavy atom. The van der Waals surface area contributed by atoms with Crippen molar-refractivity contribution in [3.05, 3.63) is 61.1 Å². The first kappa shape index (κ1) is 13.7. The first-order valence-corrected chi connectivity index (χ1v) is 6.51. The van der Waals surface area contributed by atoms with Gasteiger partial charge in [0.25, 0.3) is 5.56 Å². The Labute approximate surface area is 122 Å². The van der Waals surface area contributed by atoms with Crippen LogP contribution in [0.1, 0.15) is 16.8 Å². The fraction of sp³-hybridized carbons (Fsp3) is 0.154. The molecule has 4 nitrogen and oxygen atoms in total. The Kier molecular flexibility index (Phi) is 3.95. The highest BCUT2D eigenvalue weighted by Crippen LogP contribution is 2.10. The van der Waals surface area contributed by atoms with Crippen LogP contribution < -0.4 is 5.56 Å². The lowest BCUT2D eigenvalue weighted by atomic mass is 10.1. The Bertz CT molecular complexity index is 734. The van der Waals surface area contributed by atoms with Crippen LogP contribution in [0, 0.1) is 27.6 Å². The lowest BCUT2D eigenvalue weighted by Crippen LogP contribution is -2.24. The number of benzene rings is 1. The number of hydrogen-bond donors (Lipinski definition) is 0. The summed E-state index contributed by atoms with van der Waals surface area (Å²) < 4.78 is 15.2. The molecule has 1 heterocycles. The van der Waals surface area contributed by atoms with Crippen molar-refractivity contribution in [1.82, 2.24) is 9.55 Å². The monoisotopic (exact) mass is 369 g/mol. The molecule has 6 heteroatoms. The first-order valence-electron chi connectivity index (χ1n) is 5.43. The van der Waals surface area contributed by atoms with E-state index in [-0.39, 0.29) is 17.7 Å². The average molecular weight is 369 g/mol. The predicted octanol–water partition coefficient (Wildman–Crippen LogP) is 2.22. The van der Waals surface area contributed by atoms with Gasteiger partial charge in [-0.2, -0.15) is 5.26 Å². The highest BCUT2D eigenvalue weighted by molar-refractivity contribution is 14.1. The minimum atomic E-state index is -0.560. The molecule has 1 aromatic heterocycles. The van der Waals surface area contributed by atoms with Crippen molar-refractivity contribution in [2.75, 3.05) is 0 Å². The van der Waals surface area contributed by atoms with E-state index < -0.39 is 5.82 Å². The van der Waals surface area contributed by atoms with E-state index in [1.807, 2.05) is 22.6 Å². The summed E-state index contributed by atoms with van der Waals surface area (Å²) in [7, 11) is 0. The summed E-state index contributed by atoms with van der Waals surface area (Å²) in [6, 6.07) is 5.99. The second-order valence-electron chi connectivity index (χ2n) is 4.00. The molecule has 0 atom stereocenters. The molecule has 0 unspecified atom stereocenters. The zero-order chi connectivity index (χ0) is 14.0. The highest BCUT2D eigenvalue weighted by atomic mass is 127. The van der Waals surface area contributed by atoms with Crippen molar-refractivity contribution in [1.29, 1.82) is 5.26 Å². The van der Waals surface area contributed by atoms with Crippen molar-refractivity contribution in [2.45, 2.75) is 13.5 Å². The van der Waals surface area contributed by atoms with E-state index in [1.54, 1.807) is 19.1 Å². The number of aryl methyl sites for hydroxylation is 1. The fourth-order valence-electron chi connectivity index (χ4n) is 1.61. The molecule has 0 aliphatic heterocycles. The molecule has 0 amide bonds. The Morgan fingerprint density at radius 1 is 1.53 bits per heavy atom. The maximum absolute atomic E-state index is 13.2. The van der Waals surface area contributed by atoms with E-state index in [9.17, 15) is 9.18 Å². The molecule has 19 heavy (non-hydrogen) atoms. The van der Waals surface area contributed by atoms with Gasteiger partial charge >= 0.3 is 0 Å². The second kappa shape index (κ2) is 5.48. The molecule has 0 saturated heterocycles. The zero-order valence-corrected chi connectivity index (χ0v) is 12.2. The molecule has 0 radical (unpaired) electrons. The van der Waals surface area contributed by atoms with Crippen LogP contribution in [0.4, 0.5) is 4.39 Å². The third-order valence-corrected chi connectivity index (χ3v) is 3.90. The van der Waals surface area contributed by atoms with Gasteiger partial charge in [0.1, 0.15) is 11.9 Å². The van der Waals surface area contributed by atoms with Gasteiger partial charge < -0.3 is 0 Å². The van der Waals surface area contributed by atoms with Crippen molar-refractivity contribution in [2.24, 2.45) is 0 Å². The molecule has 0 aliphatic rings. The van der Waals surface area contributed by atoms with E-state index in [1.165, 1.54) is 23.0 Å². The summed E-state index contributed by atoms with van der Waals surface area (Å²) in [6.07, 6.45) is 1.45. The van der Waals surface area contributed by atoms with Crippen molar-refractivity contribution >= 4 is 22.6 Å². The van der Waals surface area contributed by atoms with Crippen LogP contribution in [0.3, 0.4) is 0 Å². The number of nitriles is 1. The fourth-order valence-corrected chi connectivity index (χ4v) is 2.06. The lowest BCUT2D eigenvalue weighted by molar-refractivity contribution is 0.621. The van der Waals surface area contributed by atoms with Gasteiger partial charge in [0.15, 0.2) is 0 Å². The summed E-state index contributed by atoms with van der Waals surface area (Å²) in [5, 5.41) is 8.77. The Morgan fingerprint density at radius 3 is 2.95 bits per heavy atom. The number of halogens is 2. The molecule has 2 rings (SSSR count). The number of nitrogens with zero attached hydrogens (tertiary/aromatic N) is 3. The van der Waals surface area contributed by atoms with Crippen molar-refractivity contribution < 1.29 is 4.39 Å². The van der Waals surface area contributed by atoms with Crippen LogP contribution in [0.5, 0.6) is 0 Å². The van der Waals surface area contributed by atoms with E-state index in [4.69, 9.17) is 5.26 Å². The maximum Gasteiger partial charge on any atom is 0.267 e. The van der Waals surface area contributed by atoms with Gasteiger partial charge in [-0.15, -0.1) is 0 Å². The van der Waals surface area contributed by atoms with Gasteiger partial charge in [0.2, 0.25) is 0 Å². The zero-order valence-electron chi connectivity index (χ0n) is 10.0. The molecule has 0 fully saturated rings. The van der Waals surface area contributed by atoms with Crippen LogP contribution in [0.25, 0.3) is 0 Å². The summed E-state index contributed by atoms with van der Waals surface area (Å²) in [4.78, 5) is 16.1. The Balaban J connectivity index is 2.40. The summed E-state index contributed by atoms with van der Waals surface area (Å²) in [5.74, 6) is -0.560. The van der Waals surface area contributed by atoms with Crippen LogP contribution in [-0.2, 0) is 6.54 Å². The number of aromatic nitrogens is 2. The first-order chi connectivity index (χ1) is 9.02. The minimum Gasteiger partial charge on any atom is -0.294 e. The molecule has 2 aromatic rings. The molecule has 0 aliphatic carbocycles. The third-order valence-electron chi connectivity index (χ3n) is 2.66. The van der Waals surface area contributed by atoms with Crippen molar-refractivity contribution in [3.8, 4) is 6.07 Å². The summed E-state index contributed by atoms with van der Waals surface area (Å²) >= 11 is 1.95. The molecule has 0 bridgehead atoms. The van der Waals surface area contributed by atoms with Crippen LogP contribution in [0.2, 0.25) is 0 Å². The molecule has 96 valence electrons. The summed E-state index contributed by atoms with van der Waals surface area (Å²) in [6.45, 7) is 2.02. The van der Waals surface area contributed by atoms with E-state index >= 15 is 0 Å². The second-order valence-corrected chi connectivity index (χ2v) is 5.08. The predicted molar refractivity (Wildman–Crippen MR) is 76.2 cm³/mol. The molecule has 0 spiro atoms. The van der Waals surface area contributed by atoms with Crippen LogP contribution in [0.15, 0.2) is 29.3 Å². The summed E-state index contributed by atoms with van der Waals surface area (Å²) in [5.41, 5.74) is 1.19. The topological polar surface area (TPSA) is 58.7 Å². The molecule has 1 aromatic carbocycles. The lowest BCUT2D eigenvalue weighted by Gasteiger charge is -2.07. The molecular formula is C13H9FIN3O. The van der Waals surface area contributed by atoms with Gasteiger partial charge in [0.05, 0.1) is 27.7 Å². The maximum atomic E-state index is 13.2. The van der Waals surface area contributed by atoms with E-state index in [2.05, 4.69) is 4.98 Å². The smallest absolute Gasteiger partial charge is 0.267 e. The number of hydrogen-bond acceptors (Lipinski definition) is 3. The van der Waals surface area contributed by atoms with Gasteiger partial charge in [-0.3, -0.25) is 9.36 Å². The van der Waals surface area contributed by atoms with E-state index in [0.29, 0.717) is 14.8 Å². The molecule has 0 saturated carbocycles. The van der Waals surface area contributed by atoms with Gasteiger partial charge in [-0.1, -0.05) is 6.07 Å². The minimum absolute atomic E-state index is 0.0275. The van der Waals surface area contributed by atoms with Crippen LogP contribution in [-0.4, -0.2) is 9.55 Å². The average Bonchev–Trinajstić information content (AvgIpc) is 2.41. The van der Waals surface area contributed by atoms with Crippen LogP contribution >= 0.6 is 22.6 Å². The normalized spacial score (nSPS) is 10.2. The van der Waals surface area contributed by atoms with Gasteiger partial charge in [-0.05, 0) is 47.2 Å². The Hall–Kier alpha value is -1.75.